The number of nitrogens with zero attached hydrogens (tertiary/aromatic N) is 1. The van der Waals surface area contributed by atoms with Crippen molar-refractivity contribution in [2.24, 2.45) is 0 Å². The molecule has 0 aliphatic heterocycles. The molecule has 2 amide bonds. The maximum absolute atomic E-state index is 12.5. The maximum atomic E-state index is 12.5. The van der Waals surface area contributed by atoms with E-state index < -0.39 is 24.0 Å². The summed E-state index contributed by atoms with van der Waals surface area (Å²) in [5.74, 6) is -1.58. The number of rotatable bonds is 9. The van der Waals surface area contributed by atoms with Gasteiger partial charge in [-0.2, -0.15) is 0 Å². The fraction of sp³-hybridized carbons (Fsp3) is 0.308. The lowest BCUT2D eigenvalue weighted by molar-refractivity contribution is -0.139. The molecule has 1 aliphatic rings. The summed E-state index contributed by atoms with van der Waals surface area (Å²) < 4.78 is 5.53. The Morgan fingerprint density at radius 3 is 2.31 bits per heavy atom. The van der Waals surface area contributed by atoms with Gasteiger partial charge in [-0.1, -0.05) is 61.9 Å². The van der Waals surface area contributed by atoms with Gasteiger partial charge in [0.25, 0.3) is 5.91 Å². The van der Waals surface area contributed by atoms with Crippen molar-refractivity contribution in [3.8, 4) is 11.1 Å². The van der Waals surface area contributed by atoms with E-state index in [9.17, 15) is 19.5 Å². The van der Waals surface area contributed by atoms with E-state index in [4.69, 9.17) is 4.74 Å². The van der Waals surface area contributed by atoms with Gasteiger partial charge in [-0.15, -0.1) is 11.3 Å². The number of fused-ring (bicyclic) bond motifs is 3. The topological polar surface area (TPSA) is 118 Å². The highest BCUT2D eigenvalue weighted by Crippen LogP contribution is 2.44. The van der Waals surface area contributed by atoms with E-state index in [1.165, 1.54) is 0 Å². The number of carboxylic acids is 1. The van der Waals surface area contributed by atoms with Crippen molar-refractivity contribution >= 4 is 29.3 Å². The number of aliphatic carboxylic acids is 1. The van der Waals surface area contributed by atoms with Crippen LogP contribution in [0.25, 0.3) is 11.1 Å². The van der Waals surface area contributed by atoms with Crippen LogP contribution in [0.1, 0.15) is 57.2 Å². The number of carbonyl (C=O) groups excluding carboxylic acids is 2. The molecular formula is C26H27N3O5S. The van der Waals surface area contributed by atoms with E-state index in [0.29, 0.717) is 28.4 Å². The van der Waals surface area contributed by atoms with Crippen molar-refractivity contribution in [3.05, 3.63) is 75.2 Å². The average molecular weight is 494 g/mol. The predicted molar refractivity (Wildman–Crippen MR) is 133 cm³/mol. The minimum Gasteiger partial charge on any atom is -0.480 e. The van der Waals surface area contributed by atoms with Gasteiger partial charge in [0.2, 0.25) is 0 Å². The van der Waals surface area contributed by atoms with Gasteiger partial charge in [-0.3, -0.25) is 4.79 Å². The Kier molecular flexibility index (Phi) is 7.45. The second kappa shape index (κ2) is 10.7. The molecule has 0 saturated heterocycles. The molecule has 35 heavy (non-hydrogen) atoms. The molecule has 3 N–H and O–H groups in total. The SMILES string of the molecule is CCC[C@@H](NC(=O)c1sc(CNC(=O)OCC2c3ccccc3-c3ccccc32)nc1C)C(=O)O. The van der Waals surface area contributed by atoms with Gasteiger partial charge in [0, 0.05) is 5.92 Å². The molecule has 0 saturated carbocycles. The van der Waals surface area contributed by atoms with Crippen LogP contribution < -0.4 is 10.6 Å². The monoisotopic (exact) mass is 493 g/mol. The molecule has 4 rings (SSSR count). The summed E-state index contributed by atoms with van der Waals surface area (Å²) in [6, 6.07) is 15.3. The number of carbonyl (C=O) groups is 3. The van der Waals surface area contributed by atoms with E-state index in [-0.39, 0.29) is 19.1 Å². The van der Waals surface area contributed by atoms with Crippen molar-refractivity contribution in [1.29, 1.82) is 0 Å². The van der Waals surface area contributed by atoms with E-state index in [0.717, 1.165) is 33.6 Å². The molecule has 182 valence electrons. The first kappa shape index (κ1) is 24.4. The quantitative estimate of drug-likeness (QED) is 0.405. The number of aryl methyl sites for hydroxylation is 1. The number of amides is 2. The normalized spacial score (nSPS) is 13.0. The molecule has 8 nitrogen and oxygen atoms in total. The third-order valence-corrected chi connectivity index (χ3v) is 7.11. The zero-order chi connectivity index (χ0) is 24.9. The van der Waals surface area contributed by atoms with Crippen LogP contribution in [0.2, 0.25) is 0 Å². The van der Waals surface area contributed by atoms with Crippen LogP contribution >= 0.6 is 11.3 Å². The average Bonchev–Trinajstić information content (AvgIpc) is 3.38. The zero-order valence-corrected chi connectivity index (χ0v) is 20.4. The minimum atomic E-state index is -1.07. The Labute approximate surface area is 207 Å². The summed E-state index contributed by atoms with van der Waals surface area (Å²) in [4.78, 5) is 41.0. The van der Waals surface area contributed by atoms with Crippen LogP contribution in [0.5, 0.6) is 0 Å². The van der Waals surface area contributed by atoms with Crippen molar-refractivity contribution in [3.63, 3.8) is 0 Å². The minimum absolute atomic E-state index is 0.0316. The van der Waals surface area contributed by atoms with Gasteiger partial charge >= 0.3 is 12.1 Å². The Morgan fingerprint density at radius 2 is 1.71 bits per heavy atom. The van der Waals surface area contributed by atoms with Crippen molar-refractivity contribution < 1.29 is 24.2 Å². The summed E-state index contributed by atoms with van der Waals surface area (Å²) >= 11 is 1.12. The molecule has 2 aromatic carbocycles. The summed E-state index contributed by atoms with van der Waals surface area (Å²) in [6.07, 6.45) is 0.406. The first-order chi connectivity index (χ1) is 16.9. The number of aromatic nitrogens is 1. The van der Waals surface area contributed by atoms with Gasteiger partial charge in [0.1, 0.15) is 22.5 Å². The Balaban J connectivity index is 1.34. The van der Waals surface area contributed by atoms with Gasteiger partial charge in [-0.05, 0) is 35.6 Å². The Bertz CT molecular complexity index is 1210. The van der Waals surface area contributed by atoms with E-state index in [1.54, 1.807) is 6.92 Å². The molecule has 1 aromatic heterocycles. The first-order valence-corrected chi connectivity index (χ1v) is 12.3. The Hall–Kier alpha value is -3.72. The third-order valence-electron chi connectivity index (χ3n) is 5.96. The molecule has 0 radical (unpaired) electrons. The van der Waals surface area contributed by atoms with E-state index in [2.05, 4.69) is 39.9 Å². The standard InChI is InChI=1S/C26H27N3O5S/c1-3-8-21(25(31)32)29-24(30)23-15(2)28-22(35-23)13-27-26(33)34-14-20-18-11-6-4-9-16(18)17-10-5-7-12-19(17)20/h4-7,9-12,20-21H,3,8,13-14H2,1-2H3,(H,27,33)(H,29,30)(H,31,32)/t21-/m1/s1. The number of ether oxygens (including phenoxy) is 1. The fourth-order valence-corrected chi connectivity index (χ4v) is 5.21. The maximum Gasteiger partial charge on any atom is 0.407 e. The van der Waals surface area contributed by atoms with Crippen LogP contribution in [-0.4, -0.2) is 40.7 Å². The van der Waals surface area contributed by atoms with Crippen LogP contribution in [0.3, 0.4) is 0 Å². The number of carboxylic acid groups (broad SMARTS) is 1. The smallest absolute Gasteiger partial charge is 0.407 e. The summed E-state index contributed by atoms with van der Waals surface area (Å²) in [7, 11) is 0. The second-order valence-electron chi connectivity index (χ2n) is 8.35. The highest BCUT2D eigenvalue weighted by molar-refractivity contribution is 7.13. The summed E-state index contributed by atoms with van der Waals surface area (Å²) in [5, 5.41) is 15.0. The highest BCUT2D eigenvalue weighted by atomic mass is 32.1. The first-order valence-electron chi connectivity index (χ1n) is 11.5. The number of alkyl carbamates (subject to hydrolysis) is 1. The number of thiazole rings is 1. The number of hydrogen-bond donors (Lipinski definition) is 3. The summed E-state index contributed by atoms with van der Waals surface area (Å²) in [5.41, 5.74) is 5.07. The zero-order valence-electron chi connectivity index (χ0n) is 19.5. The van der Waals surface area contributed by atoms with Crippen molar-refractivity contribution in [2.75, 3.05) is 6.61 Å². The molecule has 0 unspecified atom stereocenters. The van der Waals surface area contributed by atoms with Crippen molar-refractivity contribution in [1.82, 2.24) is 15.6 Å². The van der Waals surface area contributed by atoms with Gasteiger partial charge in [-0.25, -0.2) is 14.6 Å². The molecule has 1 atom stereocenters. The van der Waals surface area contributed by atoms with E-state index >= 15 is 0 Å². The molecule has 0 bridgehead atoms. The van der Waals surface area contributed by atoms with E-state index in [1.807, 2.05) is 31.2 Å². The lowest BCUT2D eigenvalue weighted by Gasteiger charge is -2.14. The molecule has 0 spiro atoms. The lowest BCUT2D eigenvalue weighted by atomic mass is 9.98. The number of benzene rings is 2. The van der Waals surface area contributed by atoms with Gasteiger partial charge in [0.05, 0.1) is 12.2 Å². The largest absolute Gasteiger partial charge is 0.480 e. The van der Waals surface area contributed by atoms with Gasteiger partial charge in [0.15, 0.2) is 0 Å². The van der Waals surface area contributed by atoms with Crippen molar-refractivity contribution in [2.45, 2.75) is 45.2 Å². The molecule has 0 fully saturated rings. The molecular weight excluding hydrogens is 466 g/mol. The number of hydrogen-bond acceptors (Lipinski definition) is 6. The lowest BCUT2D eigenvalue weighted by Crippen LogP contribution is -2.40. The van der Waals surface area contributed by atoms with Crippen LogP contribution in [0.4, 0.5) is 4.79 Å². The van der Waals surface area contributed by atoms with Crippen LogP contribution in [0, 0.1) is 6.92 Å². The fourth-order valence-electron chi connectivity index (χ4n) is 4.31. The highest BCUT2D eigenvalue weighted by Gasteiger charge is 2.29. The number of nitrogens with one attached hydrogen (secondary N) is 2. The summed E-state index contributed by atoms with van der Waals surface area (Å²) in [6.45, 7) is 3.84. The molecule has 1 aliphatic carbocycles. The molecule has 3 aromatic rings. The second-order valence-corrected chi connectivity index (χ2v) is 9.44. The Morgan fingerprint density at radius 1 is 1.09 bits per heavy atom. The van der Waals surface area contributed by atoms with Crippen LogP contribution in [-0.2, 0) is 16.1 Å². The van der Waals surface area contributed by atoms with Crippen LogP contribution in [0.15, 0.2) is 48.5 Å². The predicted octanol–water partition coefficient (Wildman–Crippen LogP) is 4.47. The third kappa shape index (κ3) is 5.35. The molecule has 9 heteroatoms. The molecule has 1 heterocycles. The van der Waals surface area contributed by atoms with Gasteiger partial charge < -0.3 is 20.5 Å².